The summed E-state index contributed by atoms with van der Waals surface area (Å²) in [6.45, 7) is 4.91. The quantitative estimate of drug-likeness (QED) is 0.277. The molecule has 2 fully saturated rings. The number of carbonyl (C=O) groups is 1. The van der Waals surface area contributed by atoms with Gasteiger partial charge < -0.3 is 14.2 Å². The molecule has 2 aliphatic carbocycles. The summed E-state index contributed by atoms with van der Waals surface area (Å²) in [5.74, 6) is -3.30. The van der Waals surface area contributed by atoms with Gasteiger partial charge in [0.2, 0.25) is 5.82 Å². The van der Waals surface area contributed by atoms with Crippen LogP contribution < -0.4 is 9.47 Å². The van der Waals surface area contributed by atoms with Gasteiger partial charge in [0.1, 0.15) is 11.6 Å². The highest BCUT2D eigenvalue weighted by Gasteiger charge is 2.31. The smallest absolute Gasteiger partial charge is 0.314 e. The summed E-state index contributed by atoms with van der Waals surface area (Å²) in [6.07, 6.45) is 5.52. The fourth-order valence-corrected chi connectivity index (χ4v) is 5.64. The normalized spacial score (nSPS) is 24.4. The Morgan fingerprint density at radius 2 is 1.44 bits per heavy atom. The van der Waals surface area contributed by atoms with E-state index in [1.54, 1.807) is 12.1 Å². The van der Waals surface area contributed by atoms with Crippen LogP contribution in [0, 0.1) is 23.4 Å². The molecule has 0 saturated heterocycles. The maximum absolute atomic E-state index is 14.9. The van der Waals surface area contributed by atoms with Crippen LogP contribution in [0.3, 0.4) is 0 Å². The molecule has 2 aromatic rings. The molecular formula is C29H35F3O4. The molecular weight excluding hydrogens is 469 g/mol. The number of hydrogen-bond donors (Lipinski definition) is 0. The first-order valence-electron chi connectivity index (χ1n) is 13.1. The van der Waals surface area contributed by atoms with Crippen LogP contribution in [0.15, 0.2) is 30.3 Å². The van der Waals surface area contributed by atoms with Gasteiger partial charge in [0, 0.05) is 12.7 Å². The van der Waals surface area contributed by atoms with Crippen LogP contribution in [0.1, 0.15) is 88.2 Å². The van der Waals surface area contributed by atoms with Gasteiger partial charge in [-0.2, -0.15) is 4.39 Å². The highest BCUT2D eigenvalue weighted by atomic mass is 19.2. The van der Waals surface area contributed by atoms with Crippen LogP contribution in [-0.2, 0) is 9.53 Å². The standard InChI is InChI=1S/C29H35F3O4/c1-3-34-21-11-9-19(10-12-21)24-15-16-26(28(32)27(24)31)36-29(33)20-7-5-18(6-8-20)23-14-13-22(35-4-2)17-25(23)30/h13-21H,3-12H2,1-2H3. The average molecular weight is 505 g/mol. The molecule has 0 N–H and O–H groups in total. The molecule has 0 amide bonds. The first-order chi connectivity index (χ1) is 17.4. The number of ether oxygens (including phenoxy) is 3. The average Bonchev–Trinajstić information content (AvgIpc) is 2.88. The Hall–Kier alpha value is -2.54. The molecule has 0 spiro atoms. The molecule has 7 heteroatoms. The maximum Gasteiger partial charge on any atom is 0.314 e. The SMILES string of the molecule is CCOc1ccc(C2CCC(C(=O)Oc3ccc(C4CCC(OCC)CC4)c(F)c3F)CC2)c(F)c1. The topological polar surface area (TPSA) is 44.8 Å². The lowest BCUT2D eigenvalue weighted by Crippen LogP contribution is -2.26. The van der Waals surface area contributed by atoms with Crippen LogP contribution in [-0.4, -0.2) is 25.3 Å². The second-order valence-electron chi connectivity index (χ2n) is 9.80. The highest BCUT2D eigenvalue weighted by molar-refractivity contribution is 5.75. The third-order valence-electron chi connectivity index (χ3n) is 7.59. The van der Waals surface area contributed by atoms with E-state index in [0.29, 0.717) is 55.8 Å². The van der Waals surface area contributed by atoms with E-state index < -0.39 is 23.5 Å². The predicted molar refractivity (Wildman–Crippen MR) is 131 cm³/mol. The summed E-state index contributed by atoms with van der Waals surface area (Å²) < 4.78 is 60.6. The molecule has 2 saturated carbocycles. The first kappa shape index (κ1) is 26.5. The third kappa shape index (κ3) is 6.05. The third-order valence-corrected chi connectivity index (χ3v) is 7.59. The number of hydrogen-bond acceptors (Lipinski definition) is 4. The molecule has 0 radical (unpaired) electrons. The van der Waals surface area contributed by atoms with E-state index in [2.05, 4.69) is 0 Å². The van der Waals surface area contributed by atoms with Gasteiger partial charge in [-0.05, 0) is 100 Å². The molecule has 0 heterocycles. The largest absolute Gasteiger partial charge is 0.494 e. The molecule has 4 nitrogen and oxygen atoms in total. The zero-order valence-electron chi connectivity index (χ0n) is 21.0. The van der Waals surface area contributed by atoms with Gasteiger partial charge in [-0.15, -0.1) is 0 Å². The van der Waals surface area contributed by atoms with Crippen LogP contribution in [0.25, 0.3) is 0 Å². The molecule has 4 rings (SSSR count). The lowest BCUT2D eigenvalue weighted by atomic mass is 9.78. The Balaban J connectivity index is 1.33. The second kappa shape index (κ2) is 12.1. The van der Waals surface area contributed by atoms with Gasteiger partial charge in [0.05, 0.1) is 18.6 Å². The molecule has 2 aliphatic rings. The number of halogens is 3. The minimum Gasteiger partial charge on any atom is -0.494 e. The van der Waals surface area contributed by atoms with Crippen LogP contribution in [0.2, 0.25) is 0 Å². The predicted octanol–water partition coefficient (Wildman–Crippen LogP) is 7.44. The zero-order chi connectivity index (χ0) is 25.7. The van der Waals surface area contributed by atoms with Crippen molar-refractivity contribution in [1.82, 2.24) is 0 Å². The Bertz CT molecular complexity index is 1040. The summed E-state index contributed by atoms with van der Waals surface area (Å²) >= 11 is 0. The van der Waals surface area contributed by atoms with E-state index in [-0.39, 0.29) is 29.5 Å². The molecule has 0 unspecified atom stereocenters. The van der Waals surface area contributed by atoms with Crippen molar-refractivity contribution in [2.75, 3.05) is 13.2 Å². The van der Waals surface area contributed by atoms with Crippen molar-refractivity contribution in [3.63, 3.8) is 0 Å². The lowest BCUT2D eigenvalue weighted by molar-refractivity contribution is -0.140. The van der Waals surface area contributed by atoms with Crippen molar-refractivity contribution in [2.24, 2.45) is 5.92 Å². The van der Waals surface area contributed by atoms with Gasteiger partial charge in [0.25, 0.3) is 0 Å². The van der Waals surface area contributed by atoms with Gasteiger partial charge in [-0.1, -0.05) is 12.1 Å². The Kier molecular flexibility index (Phi) is 8.94. The van der Waals surface area contributed by atoms with E-state index in [4.69, 9.17) is 14.2 Å². The number of rotatable bonds is 8. The van der Waals surface area contributed by atoms with Crippen molar-refractivity contribution in [3.05, 3.63) is 58.9 Å². The molecule has 196 valence electrons. The van der Waals surface area contributed by atoms with Gasteiger partial charge in [0.15, 0.2) is 11.6 Å². The molecule has 0 bridgehead atoms. The van der Waals surface area contributed by atoms with Gasteiger partial charge >= 0.3 is 5.97 Å². The molecule has 0 atom stereocenters. The van der Waals surface area contributed by atoms with E-state index >= 15 is 0 Å². The summed E-state index contributed by atoms with van der Waals surface area (Å²) in [7, 11) is 0. The van der Waals surface area contributed by atoms with Gasteiger partial charge in [-0.25, -0.2) is 8.78 Å². The summed E-state index contributed by atoms with van der Waals surface area (Å²) in [5.41, 5.74) is 0.949. The second-order valence-corrected chi connectivity index (χ2v) is 9.80. The molecule has 0 aromatic heterocycles. The highest BCUT2D eigenvalue weighted by Crippen LogP contribution is 2.40. The Morgan fingerprint density at radius 1 is 0.806 bits per heavy atom. The number of benzene rings is 2. The van der Waals surface area contributed by atoms with E-state index in [9.17, 15) is 18.0 Å². The zero-order valence-corrected chi connectivity index (χ0v) is 21.0. The molecule has 36 heavy (non-hydrogen) atoms. The summed E-state index contributed by atoms with van der Waals surface area (Å²) in [5, 5.41) is 0. The van der Waals surface area contributed by atoms with Crippen molar-refractivity contribution in [3.8, 4) is 11.5 Å². The minimum absolute atomic E-state index is 0.00370. The van der Waals surface area contributed by atoms with E-state index in [1.165, 1.54) is 18.2 Å². The fourth-order valence-electron chi connectivity index (χ4n) is 5.64. The fraction of sp³-hybridized carbons (Fsp3) is 0.552. The summed E-state index contributed by atoms with van der Waals surface area (Å²) in [6, 6.07) is 7.80. The minimum atomic E-state index is -1.11. The van der Waals surface area contributed by atoms with Crippen molar-refractivity contribution in [2.45, 2.75) is 83.2 Å². The first-order valence-corrected chi connectivity index (χ1v) is 13.1. The van der Waals surface area contributed by atoms with Gasteiger partial charge in [-0.3, -0.25) is 4.79 Å². The number of carbonyl (C=O) groups excluding carboxylic acids is 1. The maximum atomic E-state index is 14.9. The number of esters is 1. The van der Waals surface area contributed by atoms with E-state index in [1.807, 2.05) is 13.8 Å². The van der Waals surface area contributed by atoms with Crippen LogP contribution >= 0.6 is 0 Å². The van der Waals surface area contributed by atoms with E-state index in [0.717, 1.165) is 25.7 Å². The molecule has 2 aromatic carbocycles. The van der Waals surface area contributed by atoms with Crippen LogP contribution in [0.5, 0.6) is 11.5 Å². The summed E-state index contributed by atoms with van der Waals surface area (Å²) in [4.78, 5) is 12.7. The lowest BCUT2D eigenvalue weighted by Gasteiger charge is -2.29. The van der Waals surface area contributed by atoms with Crippen molar-refractivity contribution >= 4 is 5.97 Å². The Morgan fingerprint density at radius 3 is 2.08 bits per heavy atom. The monoisotopic (exact) mass is 504 g/mol. The Labute approximate surface area is 211 Å². The van der Waals surface area contributed by atoms with Crippen molar-refractivity contribution < 1.29 is 32.2 Å². The van der Waals surface area contributed by atoms with Crippen LogP contribution in [0.4, 0.5) is 13.2 Å². The molecule has 0 aliphatic heterocycles. The van der Waals surface area contributed by atoms with Crippen molar-refractivity contribution in [1.29, 1.82) is 0 Å².